The first-order valence-corrected chi connectivity index (χ1v) is 12.6. The van der Waals surface area contributed by atoms with Crippen molar-refractivity contribution in [2.75, 3.05) is 25.6 Å². The first kappa shape index (κ1) is 21.4. The lowest BCUT2D eigenvalue weighted by Crippen LogP contribution is -2.49. The molecule has 2 amide bonds. The molecule has 2 heterocycles. The zero-order chi connectivity index (χ0) is 22.5. The first-order chi connectivity index (χ1) is 15.4. The summed E-state index contributed by atoms with van der Waals surface area (Å²) in [7, 11) is -2.60. The second-order valence-electron chi connectivity index (χ2n) is 8.67. The van der Waals surface area contributed by atoms with Crippen LogP contribution in [0.3, 0.4) is 0 Å². The highest BCUT2D eigenvalue weighted by Crippen LogP contribution is 2.38. The van der Waals surface area contributed by atoms with E-state index < -0.39 is 21.7 Å². The third-order valence-corrected chi connectivity index (χ3v) is 8.00. The Morgan fingerprint density at radius 1 is 1.16 bits per heavy atom. The van der Waals surface area contributed by atoms with E-state index in [0.717, 1.165) is 55.3 Å². The smallest absolute Gasteiger partial charge is 0.333 e. The number of methoxy groups -OCH3 is 1. The molecule has 172 valence electrons. The van der Waals surface area contributed by atoms with Gasteiger partial charge in [0.1, 0.15) is 0 Å². The van der Waals surface area contributed by atoms with Gasteiger partial charge in [-0.2, -0.15) is 13.5 Å². The Hall–Kier alpha value is -2.43. The Balaban J connectivity index is 1.40. The van der Waals surface area contributed by atoms with Gasteiger partial charge in [-0.1, -0.05) is 6.07 Å². The third kappa shape index (κ3) is 3.41. The van der Waals surface area contributed by atoms with Crippen LogP contribution in [0.15, 0.2) is 17.2 Å². The predicted molar refractivity (Wildman–Crippen MR) is 117 cm³/mol. The number of benzene rings is 1. The Morgan fingerprint density at radius 2 is 1.81 bits per heavy atom. The van der Waals surface area contributed by atoms with E-state index in [1.807, 2.05) is 6.92 Å². The van der Waals surface area contributed by atoms with Crippen molar-refractivity contribution in [1.82, 2.24) is 14.5 Å². The largest absolute Gasteiger partial charge is 0.374 e. The van der Waals surface area contributed by atoms with Crippen LogP contribution in [0.25, 0.3) is 0 Å². The number of rotatable bonds is 6. The zero-order valence-corrected chi connectivity index (χ0v) is 19.2. The molecule has 10 heteroatoms. The van der Waals surface area contributed by atoms with Gasteiger partial charge in [-0.15, -0.1) is 0 Å². The Kier molecular flexibility index (Phi) is 5.26. The van der Waals surface area contributed by atoms with E-state index in [4.69, 9.17) is 9.47 Å². The van der Waals surface area contributed by atoms with Crippen LogP contribution in [0, 0.1) is 0 Å². The SMILES string of the molecule is CCn1nc(S(=O)(=O)NC(=O)Nc2c3c(cc4c2CCC4)CCC3)cc1C1(OC)COC1. The summed E-state index contributed by atoms with van der Waals surface area (Å²) < 4.78 is 40.6. The van der Waals surface area contributed by atoms with Crippen molar-refractivity contribution in [3.63, 3.8) is 0 Å². The Morgan fingerprint density at radius 3 is 2.34 bits per heavy atom. The normalized spacial score (nSPS) is 18.7. The first-order valence-electron chi connectivity index (χ1n) is 11.1. The number of anilines is 1. The number of amides is 2. The van der Waals surface area contributed by atoms with Crippen molar-refractivity contribution >= 4 is 21.7 Å². The number of urea groups is 1. The van der Waals surface area contributed by atoms with Gasteiger partial charge in [-0.3, -0.25) is 4.68 Å². The molecule has 1 aromatic carbocycles. The summed E-state index contributed by atoms with van der Waals surface area (Å²) in [4.78, 5) is 12.8. The van der Waals surface area contributed by atoms with Crippen LogP contribution in [0.4, 0.5) is 10.5 Å². The summed E-state index contributed by atoms with van der Waals surface area (Å²) >= 11 is 0. The molecular formula is C22H28N4O5S. The van der Waals surface area contributed by atoms with Gasteiger partial charge in [0.05, 0.1) is 18.9 Å². The second-order valence-corrected chi connectivity index (χ2v) is 10.3. The molecule has 9 nitrogen and oxygen atoms in total. The van der Waals surface area contributed by atoms with E-state index in [1.54, 1.807) is 11.8 Å². The van der Waals surface area contributed by atoms with Gasteiger partial charge in [0, 0.05) is 25.4 Å². The van der Waals surface area contributed by atoms with E-state index in [1.165, 1.54) is 17.2 Å². The number of ether oxygens (including phenoxy) is 2. The molecular weight excluding hydrogens is 432 g/mol. The number of sulfonamides is 1. The summed E-state index contributed by atoms with van der Waals surface area (Å²) in [5, 5.41) is 6.87. The minimum atomic E-state index is -4.16. The number of hydrogen-bond donors (Lipinski definition) is 2. The minimum absolute atomic E-state index is 0.212. The zero-order valence-electron chi connectivity index (χ0n) is 18.4. The van der Waals surface area contributed by atoms with Crippen LogP contribution in [-0.4, -0.2) is 44.6 Å². The molecule has 3 aliphatic rings. The fourth-order valence-corrected chi connectivity index (χ4v) is 5.94. The maximum atomic E-state index is 13.0. The maximum Gasteiger partial charge on any atom is 0.333 e. The number of nitrogens with zero attached hydrogens (tertiary/aromatic N) is 2. The molecule has 0 atom stereocenters. The van der Waals surface area contributed by atoms with Gasteiger partial charge in [0.25, 0.3) is 10.0 Å². The van der Waals surface area contributed by atoms with Crippen molar-refractivity contribution in [2.24, 2.45) is 0 Å². The van der Waals surface area contributed by atoms with Crippen molar-refractivity contribution < 1.29 is 22.7 Å². The third-order valence-electron chi connectivity index (χ3n) is 6.80. The standard InChI is InChI=1S/C22H28N4O5S/c1-3-26-18(22(30-2)12-31-13-22)11-19(24-26)32(28,29)25-21(27)23-20-16-8-4-6-14(16)10-15-7-5-9-17(15)20/h10-11H,3-9,12-13H2,1-2H3,(H2,23,25,27). The molecule has 1 fully saturated rings. The van der Waals surface area contributed by atoms with Crippen LogP contribution >= 0.6 is 0 Å². The lowest BCUT2D eigenvalue weighted by atomic mass is 9.97. The molecule has 0 saturated carbocycles. The highest BCUT2D eigenvalue weighted by Gasteiger charge is 2.44. The molecule has 2 aliphatic carbocycles. The van der Waals surface area contributed by atoms with Crippen LogP contribution in [0.1, 0.15) is 47.7 Å². The summed E-state index contributed by atoms with van der Waals surface area (Å²) in [5.74, 6) is 0. The van der Waals surface area contributed by atoms with Gasteiger partial charge >= 0.3 is 6.03 Å². The molecule has 1 aromatic heterocycles. The molecule has 32 heavy (non-hydrogen) atoms. The van der Waals surface area contributed by atoms with Crippen molar-refractivity contribution in [2.45, 2.75) is 62.6 Å². The number of hydrogen-bond acceptors (Lipinski definition) is 6. The second kappa shape index (κ2) is 7.86. The Labute approximate surface area is 187 Å². The van der Waals surface area contributed by atoms with E-state index in [-0.39, 0.29) is 5.03 Å². The Bertz CT molecular complexity index is 1150. The summed E-state index contributed by atoms with van der Waals surface area (Å²) in [6.07, 6.45) is 5.90. The fraction of sp³-hybridized carbons (Fsp3) is 0.545. The molecule has 0 spiro atoms. The van der Waals surface area contributed by atoms with Gasteiger partial charge < -0.3 is 14.8 Å². The summed E-state index contributed by atoms with van der Waals surface area (Å²) in [6.45, 7) is 2.98. The van der Waals surface area contributed by atoms with E-state index in [9.17, 15) is 13.2 Å². The topological polar surface area (TPSA) is 112 Å². The minimum Gasteiger partial charge on any atom is -0.374 e. The number of carbonyl (C=O) groups is 1. The van der Waals surface area contributed by atoms with Crippen LogP contribution in [0.2, 0.25) is 0 Å². The fourth-order valence-electron chi connectivity index (χ4n) is 5.07. The van der Waals surface area contributed by atoms with E-state index >= 15 is 0 Å². The molecule has 2 N–H and O–H groups in total. The average Bonchev–Trinajstić information content (AvgIpc) is 3.46. The van der Waals surface area contributed by atoms with Gasteiger partial charge in [-0.05, 0) is 67.7 Å². The predicted octanol–water partition coefficient (Wildman–Crippen LogP) is 2.26. The number of fused-ring (bicyclic) bond motifs is 2. The van der Waals surface area contributed by atoms with E-state index in [0.29, 0.717) is 25.5 Å². The maximum absolute atomic E-state index is 13.0. The summed E-state index contributed by atoms with van der Waals surface area (Å²) in [5.41, 5.74) is 5.51. The lowest BCUT2D eigenvalue weighted by molar-refractivity contribution is -0.206. The quantitative estimate of drug-likeness (QED) is 0.684. The lowest BCUT2D eigenvalue weighted by Gasteiger charge is -2.39. The van der Waals surface area contributed by atoms with Gasteiger partial charge in [-0.25, -0.2) is 9.52 Å². The number of carbonyl (C=O) groups excluding carboxylic acids is 1. The highest BCUT2D eigenvalue weighted by molar-refractivity contribution is 7.90. The molecule has 0 radical (unpaired) electrons. The van der Waals surface area contributed by atoms with Crippen molar-refractivity contribution in [3.05, 3.63) is 40.1 Å². The van der Waals surface area contributed by atoms with Crippen molar-refractivity contribution in [1.29, 1.82) is 0 Å². The highest BCUT2D eigenvalue weighted by atomic mass is 32.2. The molecule has 0 unspecified atom stereocenters. The monoisotopic (exact) mass is 460 g/mol. The molecule has 1 aliphatic heterocycles. The average molecular weight is 461 g/mol. The van der Waals surface area contributed by atoms with E-state index in [2.05, 4.69) is 21.2 Å². The van der Waals surface area contributed by atoms with Crippen LogP contribution < -0.4 is 10.0 Å². The number of aromatic nitrogens is 2. The number of aryl methyl sites for hydroxylation is 3. The molecule has 5 rings (SSSR count). The van der Waals surface area contributed by atoms with Gasteiger partial charge in [0.15, 0.2) is 10.6 Å². The molecule has 1 saturated heterocycles. The molecule has 0 bridgehead atoms. The molecule has 2 aromatic rings. The van der Waals surface area contributed by atoms with Crippen LogP contribution in [0.5, 0.6) is 0 Å². The van der Waals surface area contributed by atoms with Crippen molar-refractivity contribution in [3.8, 4) is 0 Å². The van der Waals surface area contributed by atoms with Gasteiger partial charge in [0.2, 0.25) is 0 Å². The van der Waals surface area contributed by atoms with Crippen LogP contribution in [-0.2, 0) is 57.3 Å². The number of nitrogens with one attached hydrogen (secondary N) is 2. The summed E-state index contributed by atoms with van der Waals surface area (Å²) in [6, 6.07) is 2.96.